The van der Waals surface area contributed by atoms with Gasteiger partial charge in [-0.1, -0.05) is 12.1 Å². The van der Waals surface area contributed by atoms with Crippen LogP contribution in [0.2, 0.25) is 0 Å². The lowest BCUT2D eigenvalue weighted by atomic mass is 9.90. The Hall–Kier alpha value is -1.59. The van der Waals surface area contributed by atoms with Gasteiger partial charge in [0.05, 0.1) is 23.2 Å². The van der Waals surface area contributed by atoms with Gasteiger partial charge in [-0.2, -0.15) is 0 Å². The molecule has 1 aliphatic rings. The summed E-state index contributed by atoms with van der Waals surface area (Å²) in [5.74, 6) is 0.447. The van der Waals surface area contributed by atoms with E-state index in [0.29, 0.717) is 25.2 Å². The van der Waals surface area contributed by atoms with Gasteiger partial charge in [-0.25, -0.2) is 4.98 Å². The van der Waals surface area contributed by atoms with E-state index in [1.807, 2.05) is 28.8 Å². The van der Waals surface area contributed by atoms with Crippen molar-refractivity contribution >= 4 is 17.0 Å². The number of imidazole rings is 1. The molecule has 0 spiro atoms. The molecule has 18 heavy (non-hydrogen) atoms. The van der Waals surface area contributed by atoms with Gasteiger partial charge in [0.25, 0.3) is 0 Å². The van der Waals surface area contributed by atoms with Crippen LogP contribution in [0.1, 0.15) is 25.3 Å². The minimum absolute atomic E-state index is 0.0103. The minimum atomic E-state index is -0.473. The van der Waals surface area contributed by atoms with Gasteiger partial charge in [0, 0.05) is 6.04 Å². The lowest BCUT2D eigenvalue weighted by Gasteiger charge is -2.31. The van der Waals surface area contributed by atoms with Crippen LogP contribution in [-0.2, 0) is 0 Å². The minimum Gasteiger partial charge on any atom is -0.393 e. The molecule has 0 bridgehead atoms. The standard InChI is InChI=1S/C13H17N3O2/c14-13-15-11-3-1-2-4-12(11)16(13)8-5-9(17)7-10(18)6-8/h1-4,8-10,17-18H,5-7H2,(H2,14,15)/t8?,9-,10+. The van der Waals surface area contributed by atoms with Crippen LogP contribution in [0.4, 0.5) is 5.95 Å². The van der Waals surface area contributed by atoms with Crippen LogP contribution in [-0.4, -0.2) is 32.0 Å². The third-order valence-corrected chi connectivity index (χ3v) is 3.62. The molecule has 5 heteroatoms. The number of aromatic nitrogens is 2. The number of rotatable bonds is 1. The van der Waals surface area contributed by atoms with Gasteiger partial charge in [-0.3, -0.25) is 0 Å². The van der Waals surface area contributed by atoms with Crippen LogP contribution in [0.5, 0.6) is 0 Å². The fourth-order valence-electron chi connectivity index (χ4n) is 2.89. The number of para-hydroxylation sites is 2. The van der Waals surface area contributed by atoms with Crippen molar-refractivity contribution < 1.29 is 10.2 Å². The van der Waals surface area contributed by atoms with Crippen LogP contribution in [0.15, 0.2) is 24.3 Å². The Balaban J connectivity index is 2.05. The molecule has 0 amide bonds. The Bertz CT molecular complexity index is 556. The van der Waals surface area contributed by atoms with E-state index in [1.54, 1.807) is 0 Å². The number of nitrogens with zero attached hydrogens (tertiary/aromatic N) is 2. The zero-order valence-corrected chi connectivity index (χ0v) is 10.0. The van der Waals surface area contributed by atoms with Crippen molar-refractivity contribution in [1.29, 1.82) is 0 Å². The average molecular weight is 247 g/mol. The topological polar surface area (TPSA) is 84.3 Å². The fourth-order valence-corrected chi connectivity index (χ4v) is 2.89. The summed E-state index contributed by atoms with van der Waals surface area (Å²) in [7, 11) is 0. The molecule has 3 atom stereocenters. The molecule has 1 aromatic heterocycles. The molecule has 2 aromatic rings. The third-order valence-electron chi connectivity index (χ3n) is 3.62. The van der Waals surface area contributed by atoms with Gasteiger partial charge in [0.15, 0.2) is 0 Å². The molecule has 3 rings (SSSR count). The van der Waals surface area contributed by atoms with Crippen molar-refractivity contribution in [3.8, 4) is 0 Å². The summed E-state index contributed by atoms with van der Waals surface area (Å²) in [5, 5.41) is 19.6. The van der Waals surface area contributed by atoms with Gasteiger partial charge in [-0.05, 0) is 31.4 Å². The first-order valence-corrected chi connectivity index (χ1v) is 6.23. The number of aliphatic hydroxyl groups is 2. The smallest absolute Gasteiger partial charge is 0.201 e. The summed E-state index contributed by atoms with van der Waals surface area (Å²) < 4.78 is 1.93. The number of benzene rings is 1. The second-order valence-corrected chi connectivity index (χ2v) is 5.00. The molecule has 1 fully saturated rings. The normalized spacial score (nSPS) is 28.7. The second-order valence-electron chi connectivity index (χ2n) is 5.00. The van der Waals surface area contributed by atoms with Crippen LogP contribution in [0.25, 0.3) is 11.0 Å². The molecular weight excluding hydrogens is 230 g/mol. The van der Waals surface area contributed by atoms with E-state index in [-0.39, 0.29) is 6.04 Å². The molecular formula is C13H17N3O2. The zero-order valence-electron chi connectivity index (χ0n) is 10.0. The highest BCUT2D eigenvalue weighted by Gasteiger charge is 2.29. The summed E-state index contributed by atoms with van der Waals surface area (Å²) >= 11 is 0. The molecule has 1 aromatic carbocycles. The maximum Gasteiger partial charge on any atom is 0.201 e. The highest BCUT2D eigenvalue weighted by Crippen LogP contribution is 2.33. The van der Waals surface area contributed by atoms with Gasteiger partial charge in [0.2, 0.25) is 5.95 Å². The zero-order chi connectivity index (χ0) is 12.7. The molecule has 1 heterocycles. The molecule has 1 saturated carbocycles. The first-order chi connectivity index (χ1) is 8.65. The Labute approximate surface area is 105 Å². The Kier molecular flexibility index (Phi) is 2.72. The molecule has 5 nitrogen and oxygen atoms in total. The van der Waals surface area contributed by atoms with Gasteiger partial charge in [0.1, 0.15) is 0 Å². The second kappa shape index (κ2) is 4.26. The van der Waals surface area contributed by atoms with E-state index >= 15 is 0 Å². The van der Waals surface area contributed by atoms with Gasteiger partial charge in [-0.15, -0.1) is 0 Å². The third kappa shape index (κ3) is 1.85. The first kappa shape index (κ1) is 11.5. The molecule has 0 radical (unpaired) electrons. The first-order valence-electron chi connectivity index (χ1n) is 6.23. The number of fused-ring (bicyclic) bond motifs is 1. The van der Waals surface area contributed by atoms with Crippen LogP contribution < -0.4 is 5.73 Å². The number of nitrogen functional groups attached to an aromatic ring is 1. The van der Waals surface area contributed by atoms with Crippen molar-refractivity contribution in [3.05, 3.63) is 24.3 Å². The quantitative estimate of drug-likeness (QED) is 0.703. The largest absolute Gasteiger partial charge is 0.393 e. The summed E-state index contributed by atoms with van der Waals surface area (Å²) in [6, 6.07) is 7.75. The van der Waals surface area contributed by atoms with Crippen LogP contribution in [0, 0.1) is 0 Å². The van der Waals surface area contributed by atoms with Crippen LogP contribution in [0.3, 0.4) is 0 Å². The van der Waals surface area contributed by atoms with Gasteiger partial charge >= 0.3 is 0 Å². The van der Waals surface area contributed by atoms with E-state index in [2.05, 4.69) is 4.98 Å². The monoisotopic (exact) mass is 247 g/mol. The lowest BCUT2D eigenvalue weighted by Crippen LogP contribution is -2.31. The predicted octanol–water partition coefficient (Wildman–Crippen LogP) is 1.07. The molecule has 0 aliphatic heterocycles. The fraction of sp³-hybridized carbons (Fsp3) is 0.462. The molecule has 0 saturated heterocycles. The van der Waals surface area contributed by atoms with Crippen molar-refractivity contribution in [2.45, 2.75) is 37.5 Å². The lowest BCUT2D eigenvalue weighted by molar-refractivity contribution is 0.0188. The molecule has 1 unspecified atom stereocenters. The number of nitrogens with two attached hydrogens (primary N) is 1. The van der Waals surface area contributed by atoms with Crippen LogP contribution >= 0.6 is 0 Å². The van der Waals surface area contributed by atoms with Crippen molar-refractivity contribution in [2.75, 3.05) is 5.73 Å². The number of aliphatic hydroxyl groups excluding tert-OH is 2. The predicted molar refractivity (Wildman–Crippen MR) is 69.0 cm³/mol. The maximum atomic E-state index is 9.78. The average Bonchev–Trinajstić information content (AvgIpc) is 2.63. The van der Waals surface area contributed by atoms with E-state index in [0.717, 1.165) is 11.0 Å². The number of hydrogen-bond acceptors (Lipinski definition) is 4. The Morgan fingerprint density at radius 3 is 2.50 bits per heavy atom. The Morgan fingerprint density at radius 1 is 1.11 bits per heavy atom. The SMILES string of the molecule is Nc1nc2ccccc2n1C1C[C@@H](O)C[C@@H](O)C1. The van der Waals surface area contributed by atoms with Crippen molar-refractivity contribution in [1.82, 2.24) is 9.55 Å². The summed E-state index contributed by atoms with van der Waals surface area (Å²) in [6.07, 6.45) is 0.727. The summed E-state index contributed by atoms with van der Waals surface area (Å²) in [5.41, 5.74) is 7.77. The molecule has 96 valence electrons. The van der Waals surface area contributed by atoms with E-state index in [1.165, 1.54) is 0 Å². The van der Waals surface area contributed by atoms with E-state index in [9.17, 15) is 10.2 Å². The Morgan fingerprint density at radius 2 is 1.78 bits per heavy atom. The molecule has 1 aliphatic carbocycles. The summed E-state index contributed by atoms with van der Waals surface area (Å²) in [6.45, 7) is 0. The van der Waals surface area contributed by atoms with E-state index < -0.39 is 12.2 Å². The number of anilines is 1. The highest BCUT2D eigenvalue weighted by molar-refractivity contribution is 5.78. The van der Waals surface area contributed by atoms with Crippen molar-refractivity contribution in [3.63, 3.8) is 0 Å². The summed E-state index contributed by atoms with van der Waals surface area (Å²) in [4.78, 5) is 4.32. The molecule has 4 N–H and O–H groups in total. The maximum absolute atomic E-state index is 9.78. The van der Waals surface area contributed by atoms with Crippen molar-refractivity contribution in [2.24, 2.45) is 0 Å². The van der Waals surface area contributed by atoms with Gasteiger partial charge < -0.3 is 20.5 Å². The number of hydrogen-bond donors (Lipinski definition) is 3. The van der Waals surface area contributed by atoms with E-state index in [4.69, 9.17) is 5.73 Å². The highest BCUT2D eigenvalue weighted by atomic mass is 16.3.